The molecule has 1 aliphatic rings. The lowest BCUT2D eigenvalue weighted by Crippen LogP contribution is -2.38. The first-order valence-corrected chi connectivity index (χ1v) is 7.32. The minimum Gasteiger partial charge on any atom is -0.361 e. The molecule has 1 atom stereocenters. The number of alkyl halides is 1. The summed E-state index contributed by atoms with van der Waals surface area (Å²) in [5.74, 6) is 0.423. The van der Waals surface area contributed by atoms with Crippen LogP contribution < -0.4 is 0 Å². The van der Waals surface area contributed by atoms with Gasteiger partial charge in [0.05, 0.1) is 0 Å². The molecule has 0 spiro atoms. The second-order valence-electron chi connectivity index (χ2n) is 4.74. The maximum Gasteiger partial charge on any atom is 0.243 e. The van der Waals surface area contributed by atoms with Gasteiger partial charge in [0.1, 0.15) is 12.6 Å². The average Bonchev–Trinajstić information content (AvgIpc) is 2.39. The predicted octanol–water partition coefficient (Wildman–Crippen LogP) is 3.53. The Kier molecular flexibility index (Phi) is 6.72. The van der Waals surface area contributed by atoms with Crippen molar-refractivity contribution in [1.82, 2.24) is 4.90 Å². The molecular weight excluding hydrogens is 250 g/mol. The summed E-state index contributed by atoms with van der Waals surface area (Å²) in [7, 11) is 0. The van der Waals surface area contributed by atoms with Crippen molar-refractivity contribution in [1.29, 1.82) is 0 Å². The lowest BCUT2D eigenvalue weighted by Gasteiger charge is -2.34. The third-order valence-corrected chi connectivity index (χ3v) is 3.78. The van der Waals surface area contributed by atoms with Gasteiger partial charge in [-0.05, 0) is 45.4 Å². The summed E-state index contributed by atoms with van der Waals surface area (Å²) >= 11 is 5.71. The minimum atomic E-state index is -0.0557. The highest BCUT2D eigenvalue weighted by Gasteiger charge is 2.27. The topological polar surface area (TPSA) is 29.5 Å². The highest BCUT2D eigenvalue weighted by Crippen LogP contribution is 2.34. The molecule has 1 amide bonds. The predicted molar refractivity (Wildman–Crippen MR) is 74.4 cm³/mol. The largest absolute Gasteiger partial charge is 0.361 e. The number of allylic oxidation sites excluding steroid dienone is 2. The van der Waals surface area contributed by atoms with E-state index in [2.05, 4.69) is 13.8 Å². The van der Waals surface area contributed by atoms with Gasteiger partial charge in [-0.3, -0.25) is 9.69 Å². The summed E-state index contributed by atoms with van der Waals surface area (Å²) in [6.07, 6.45) is 4.50. The zero-order chi connectivity index (χ0) is 13.5. The minimum absolute atomic E-state index is 0.0142. The molecule has 104 valence electrons. The van der Waals surface area contributed by atoms with E-state index in [1.165, 1.54) is 12.0 Å². The van der Waals surface area contributed by atoms with Crippen molar-refractivity contribution in [3.8, 4) is 0 Å². The van der Waals surface area contributed by atoms with E-state index in [9.17, 15) is 4.79 Å². The molecule has 1 aliphatic carbocycles. The van der Waals surface area contributed by atoms with Crippen LogP contribution in [-0.4, -0.2) is 30.0 Å². The Morgan fingerprint density at radius 3 is 2.78 bits per heavy atom. The van der Waals surface area contributed by atoms with Crippen molar-refractivity contribution in [2.45, 2.75) is 46.5 Å². The van der Waals surface area contributed by atoms with Crippen LogP contribution in [0.3, 0.4) is 0 Å². The molecule has 0 fully saturated rings. The Morgan fingerprint density at radius 2 is 2.22 bits per heavy atom. The number of carbonyl (C=O) groups excluding carboxylic acids is 1. The van der Waals surface area contributed by atoms with Gasteiger partial charge in [0, 0.05) is 12.3 Å². The summed E-state index contributed by atoms with van der Waals surface area (Å²) in [5.41, 5.74) is 2.47. The highest BCUT2D eigenvalue weighted by atomic mass is 35.5. The summed E-state index contributed by atoms with van der Waals surface area (Å²) in [6, 6.07) is 0. The molecule has 3 nitrogen and oxygen atoms in total. The zero-order valence-electron chi connectivity index (χ0n) is 11.7. The van der Waals surface area contributed by atoms with Crippen molar-refractivity contribution in [3.63, 3.8) is 0 Å². The van der Waals surface area contributed by atoms with E-state index in [0.717, 1.165) is 25.0 Å². The molecule has 0 bridgehead atoms. The summed E-state index contributed by atoms with van der Waals surface area (Å²) in [5, 5.41) is 0. The monoisotopic (exact) mass is 273 g/mol. The SMILES string of the molecule is CCOCN(C(=O)CCl)C1=C(C)CCCC1CC. The summed E-state index contributed by atoms with van der Waals surface area (Å²) in [6.45, 7) is 7.16. The van der Waals surface area contributed by atoms with E-state index >= 15 is 0 Å². The van der Waals surface area contributed by atoms with Crippen molar-refractivity contribution < 1.29 is 9.53 Å². The first-order valence-electron chi connectivity index (χ1n) is 6.79. The number of hydrogen-bond acceptors (Lipinski definition) is 2. The standard InChI is InChI=1S/C14H24ClNO2/c1-4-12-8-6-7-11(3)14(12)16(10-18-5-2)13(17)9-15/h12H,4-10H2,1-3H3. The van der Waals surface area contributed by atoms with Crippen LogP contribution in [0.1, 0.15) is 46.5 Å². The van der Waals surface area contributed by atoms with Gasteiger partial charge < -0.3 is 4.74 Å². The number of carbonyl (C=O) groups is 1. The number of halogens is 1. The first kappa shape index (κ1) is 15.5. The molecule has 0 aromatic heterocycles. The van der Waals surface area contributed by atoms with Crippen LogP contribution in [0.5, 0.6) is 0 Å². The van der Waals surface area contributed by atoms with Crippen LogP contribution in [0.2, 0.25) is 0 Å². The molecule has 0 heterocycles. The van der Waals surface area contributed by atoms with Crippen LogP contribution >= 0.6 is 11.6 Å². The maximum absolute atomic E-state index is 12.0. The van der Waals surface area contributed by atoms with Crippen LogP contribution in [0, 0.1) is 5.92 Å². The third kappa shape index (κ3) is 3.72. The quantitative estimate of drug-likeness (QED) is 0.547. The van der Waals surface area contributed by atoms with Crippen LogP contribution in [0.4, 0.5) is 0 Å². The Morgan fingerprint density at radius 1 is 1.50 bits per heavy atom. The molecule has 0 N–H and O–H groups in total. The molecule has 0 saturated carbocycles. The van der Waals surface area contributed by atoms with Gasteiger partial charge in [-0.15, -0.1) is 11.6 Å². The lowest BCUT2D eigenvalue weighted by molar-refractivity contribution is -0.132. The molecule has 1 unspecified atom stereocenters. The summed E-state index contributed by atoms with van der Waals surface area (Å²) < 4.78 is 5.43. The van der Waals surface area contributed by atoms with Gasteiger partial charge in [0.15, 0.2) is 0 Å². The maximum atomic E-state index is 12.0. The molecule has 0 radical (unpaired) electrons. The second-order valence-corrected chi connectivity index (χ2v) is 5.01. The van der Waals surface area contributed by atoms with E-state index < -0.39 is 0 Å². The number of rotatable bonds is 6. The average molecular weight is 274 g/mol. The van der Waals surface area contributed by atoms with Crippen LogP contribution in [-0.2, 0) is 9.53 Å². The first-order chi connectivity index (χ1) is 8.65. The number of amides is 1. The number of ether oxygens (including phenoxy) is 1. The lowest BCUT2D eigenvalue weighted by atomic mass is 9.85. The van der Waals surface area contributed by atoms with E-state index in [1.54, 1.807) is 4.90 Å². The van der Waals surface area contributed by atoms with Crippen LogP contribution in [0.15, 0.2) is 11.3 Å². The van der Waals surface area contributed by atoms with Crippen LogP contribution in [0.25, 0.3) is 0 Å². The van der Waals surface area contributed by atoms with Gasteiger partial charge in [0.2, 0.25) is 5.91 Å². The van der Waals surface area contributed by atoms with Gasteiger partial charge in [-0.2, -0.15) is 0 Å². The van der Waals surface area contributed by atoms with Crippen molar-refractivity contribution >= 4 is 17.5 Å². The third-order valence-electron chi connectivity index (χ3n) is 3.55. The Hall–Kier alpha value is -0.540. The van der Waals surface area contributed by atoms with Gasteiger partial charge in [-0.1, -0.05) is 12.5 Å². The molecule has 0 aromatic carbocycles. The highest BCUT2D eigenvalue weighted by molar-refractivity contribution is 6.27. The van der Waals surface area contributed by atoms with Gasteiger partial charge in [0.25, 0.3) is 0 Å². The van der Waals surface area contributed by atoms with Crippen molar-refractivity contribution in [2.75, 3.05) is 19.2 Å². The number of nitrogens with zero attached hydrogens (tertiary/aromatic N) is 1. The molecule has 0 aromatic rings. The van der Waals surface area contributed by atoms with Gasteiger partial charge in [-0.25, -0.2) is 0 Å². The van der Waals surface area contributed by atoms with Crippen molar-refractivity contribution in [2.24, 2.45) is 5.92 Å². The van der Waals surface area contributed by atoms with E-state index in [1.807, 2.05) is 6.92 Å². The number of hydrogen-bond donors (Lipinski definition) is 0. The summed E-state index contributed by atoms with van der Waals surface area (Å²) in [4.78, 5) is 13.8. The fourth-order valence-corrected chi connectivity index (χ4v) is 2.75. The zero-order valence-corrected chi connectivity index (χ0v) is 12.4. The Balaban J connectivity index is 2.96. The fraction of sp³-hybridized carbons (Fsp3) is 0.786. The molecule has 1 rings (SSSR count). The molecule has 0 aliphatic heterocycles. The Bertz CT molecular complexity index is 315. The molecule has 4 heteroatoms. The second kappa shape index (κ2) is 7.80. The van der Waals surface area contributed by atoms with E-state index in [0.29, 0.717) is 19.3 Å². The smallest absolute Gasteiger partial charge is 0.243 e. The molecule has 0 saturated heterocycles. The normalized spacial score (nSPS) is 20.1. The van der Waals surface area contributed by atoms with E-state index in [4.69, 9.17) is 16.3 Å². The van der Waals surface area contributed by atoms with E-state index in [-0.39, 0.29) is 11.8 Å². The van der Waals surface area contributed by atoms with Gasteiger partial charge >= 0.3 is 0 Å². The Labute approximate surface area is 115 Å². The van der Waals surface area contributed by atoms with Crippen molar-refractivity contribution in [3.05, 3.63) is 11.3 Å². The fourth-order valence-electron chi connectivity index (χ4n) is 2.61. The molecular formula is C14H24ClNO2. The molecule has 18 heavy (non-hydrogen) atoms.